The number of hydrogen-bond donors (Lipinski definition) is 2. The number of nitrogens with zero attached hydrogens (tertiary/aromatic N) is 2. The first-order valence-corrected chi connectivity index (χ1v) is 3.43. The molecule has 1 aromatic rings. The average molecular weight is 152 g/mol. The number of nitrogens with two attached hydrogens (primary N) is 1. The van der Waals surface area contributed by atoms with Crippen molar-refractivity contribution in [3.8, 4) is 0 Å². The molecule has 3 N–H and O–H groups in total. The van der Waals surface area contributed by atoms with Crippen molar-refractivity contribution in [3.05, 3.63) is 11.4 Å². The molecular formula is C7H12N4. The van der Waals surface area contributed by atoms with Gasteiger partial charge in [0.1, 0.15) is 11.6 Å². The minimum Gasteiger partial charge on any atom is -0.382 e. The van der Waals surface area contributed by atoms with E-state index in [1.165, 1.54) is 0 Å². The fraction of sp³-hybridized carbons (Fsp3) is 0.429. The van der Waals surface area contributed by atoms with Crippen molar-refractivity contribution in [2.24, 2.45) is 0 Å². The second-order valence-corrected chi connectivity index (χ2v) is 2.38. The molecule has 0 saturated heterocycles. The van der Waals surface area contributed by atoms with Crippen LogP contribution in [-0.4, -0.2) is 17.0 Å². The zero-order chi connectivity index (χ0) is 8.43. The van der Waals surface area contributed by atoms with Crippen LogP contribution < -0.4 is 11.1 Å². The molecule has 4 nitrogen and oxygen atoms in total. The maximum absolute atomic E-state index is 5.55. The molecular weight excluding hydrogens is 140 g/mol. The van der Waals surface area contributed by atoms with Crippen molar-refractivity contribution in [1.29, 1.82) is 0 Å². The lowest BCUT2D eigenvalue weighted by molar-refractivity contribution is 1.06. The van der Waals surface area contributed by atoms with E-state index in [4.69, 9.17) is 5.73 Å². The Kier molecular flexibility index (Phi) is 1.94. The first-order valence-electron chi connectivity index (χ1n) is 3.43. The van der Waals surface area contributed by atoms with Crippen LogP contribution in [0.5, 0.6) is 0 Å². The van der Waals surface area contributed by atoms with Gasteiger partial charge in [-0.3, -0.25) is 4.98 Å². The molecule has 11 heavy (non-hydrogen) atoms. The van der Waals surface area contributed by atoms with Crippen LogP contribution in [0, 0.1) is 13.8 Å². The van der Waals surface area contributed by atoms with Gasteiger partial charge in [-0.25, -0.2) is 4.98 Å². The summed E-state index contributed by atoms with van der Waals surface area (Å²) in [5, 5.41) is 2.91. The van der Waals surface area contributed by atoms with Crippen molar-refractivity contribution in [2.45, 2.75) is 13.8 Å². The molecule has 0 spiro atoms. The molecule has 60 valence electrons. The van der Waals surface area contributed by atoms with Crippen LogP contribution in [-0.2, 0) is 0 Å². The zero-order valence-electron chi connectivity index (χ0n) is 6.97. The molecule has 0 radical (unpaired) electrons. The maximum Gasteiger partial charge on any atom is 0.149 e. The highest BCUT2D eigenvalue weighted by Crippen LogP contribution is 2.12. The molecule has 0 aromatic carbocycles. The minimum atomic E-state index is 0.486. The summed E-state index contributed by atoms with van der Waals surface area (Å²) in [5.41, 5.74) is 7.20. The molecule has 0 aliphatic rings. The van der Waals surface area contributed by atoms with Gasteiger partial charge in [0, 0.05) is 7.05 Å². The van der Waals surface area contributed by atoms with Crippen molar-refractivity contribution in [2.75, 3.05) is 18.1 Å². The molecule has 0 unspecified atom stereocenters. The van der Waals surface area contributed by atoms with Crippen LogP contribution >= 0.6 is 0 Å². The van der Waals surface area contributed by atoms with E-state index in [1.807, 2.05) is 13.8 Å². The van der Waals surface area contributed by atoms with Crippen LogP contribution in [0.25, 0.3) is 0 Å². The van der Waals surface area contributed by atoms with Crippen molar-refractivity contribution >= 4 is 11.6 Å². The van der Waals surface area contributed by atoms with E-state index in [2.05, 4.69) is 15.3 Å². The van der Waals surface area contributed by atoms with E-state index in [1.54, 1.807) is 7.05 Å². The van der Waals surface area contributed by atoms with Gasteiger partial charge < -0.3 is 11.1 Å². The summed E-state index contributed by atoms with van der Waals surface area (Å²) in [4.78, 5) is 8.29. The van der Waals surface area contributed by atoms with E-state index in [-0.39, 0.29) is 0 Å². The van der Waals surface area contributed by atoms with Gasteiger partial charge in [0.25, 0.3) is 0 Å². The normalized spacial score (nSPS) is 9.73. The Morgan fingerprint density at radius 2 is 1.82 bits per heavy atom. The third-order valence-electron chi connectivity index (χ3n) is 1.52. The highest BCUT2D eigenvalue weighted by atomic mass is 15.0. The highest BCUT2D eigenvalue weighted by molar-refractivity contribution is 5.47. The third-order valence-corrected chi connectivity index (χ3v) is 1.52. The number of aromatic nitrogens is 2. The van der Waals surface area contributed by atoms with E-state index in [9.17, 15) is 0 Å². The first-order chi connectivity index (χ1) is 5.15. The van der Waals surface area contributed by atoms with Crippen LogP contribution in [0.2, 0.25) is 0 Å². The summed E-state index contributed by atoms with van der Waals surface area (Å²) in [6, 6.07) is 0. The van der Waals surface area contributed by atoms with Crippen LogP contribution in [0.15, 0.2) is 0 Å². The number of nitrogen functional groups attached to an aromatic ring is 1. The molecule has 4 heteroatoms. The summed E-state index contributed by atoms with van der Waals surface area (Å²) in [6.07, 6.45) is 0. The van der Waals surface area contributed by atoms with Gasteiger partial charge in [0.15, 0.2) is 0 Å². The zero-order valence-corrected chi connectivity index (χ0v) is 6.97. The van der Waals surface area contributed by atoms with Crippen molar-refractivity contribution in [3.63, 3.8) is 0 Å². The van der Waals surface area contributed by atoms with E-state index >= 15 is 0 Å². The summed E-state index contributed by atoms with van der Waals surface area (Å²) in [6.45, 7) is 3.74. The van der Waals surface area contributed by atoms with Gasteiger partial charge >= 0.3 is 0 Å². The molecule has 0 aliphatic heterocycles. The number of rotatable bonds is 1. The molecule has 0 atom stereocenters. The van der Waals surface area contributed by atoms with Gasteiger partial charge in [-0.1, -0.05) is 0 Å². The SMILES string of the molecule is CNc1nc(N)c(C)nc1C. The van der Waals surface area contributed by atoms with Crippen LogP contribution in [0.1, 0.15) is 11.4 Å². The fourth-order valence-electron chi connectivity index (χ4n) is 0.881. The van der Waals surface area contributed by atoms with Gasteiger partial charge in [-0.15, -0.1) is 0 Å². The molecule has 0 amide bonds. The van der Waals surface area contributed by atoms with E-state index in [0.29, 0.717) is 5.82 Å². The van der Waals surface area contributed by atoms with E-state index < -0.39 is 0 Å². The Morgan fingerprint density at radius 3 is 2.36 bits per heavy atom. The highest BCUT2D eigenvalue weighted by Gasteiger charge is 2.02. The average Bonchev–Trinajstić information content (AvgIpc) is 1.97. The van der Waals surface area contributed by atoms with Gasteiger partial charge in [-0.2, -0.15) is 0 Å². The summed E-state index contributed by atoms with van der Waals surface area (Å²) in [7, 11) is 1.80. The Morgan fingerprint density at radius 1 is 1.18 bits per heavy atom. The largest absolute Gasteiger partial charge is 0.382 e. The Hall–Kier alpha value is -1.32. The summed E-state index contributed by atoms with van der Waals surface area (Å²) in [5.74, 6) is 1.23. The second kappa shape index (κ2) is 2.74. The lowest BCUT2D eigenvalue weighted by Gasteiger charge is -2.05. The Bertz CT molecular complexity index is 269. The first kappa shape index (κ1) is 7.78. The summed E-state index contributed by atoms with van der Waals surface area (Å²) >= 11 is 0. The molecule has 0 bridgehead atoms. The molecule has 1 aromatic heterocycles. The van der Waals surface area contributed by atoms with E-state index in [0.717, 1.165) is 17.2 Å². The molecule has 1 heterocycles. The monoisotopic (exact) mass is 152 g/mol. The smallest absolute Gasteiger partial charge is 0.149 e. The van der Waals surface area contributed by atoms with Crippen LogP contribution in [0.3, 0.4) is 0 Å². The fourth-order valence-corrected chi connectivity index (χ4v) is 0.881. The van der Waals surface area contributed by atoms with Crippen molar-refractivity contribution < 1.29 is 0 Å². The molecule has 0 aliphatic carbocycles. The predicted molar refractivity (Wildman–Crippen MR) is 45.5 cm³/mol. The standard InChI is InChI=1S/C7H12N4/c1-4-6(8)11-7(9-3)5(2)10-4/h1-3H3,(H3,8,9,11). The van der Waals surface area contributed by atoms with Gasteiger partial charge in [-0.05, 0) is 13.8 Å². The molecule has 0 saturated carbocycles. The topological polar surface area (TPSA) is 63.8 Å². The number of nitrogens with one attached hydrogen (secondary N) is 1. The lowest BCUT2D eigenvalue weighted by Crippen LogP contribution is -2.04. The lowest BCUT2D eigenvalue weighted by atomic mass is 10.4. The summed E-state index contributed by atoms with van der Waals surface area (Å²) < 4.78 is 0. The van der Waals surface area contributed by atoms with Gasteiger partial charge in [0.05, 0.1) is 11.4 Å². The van der Waals surface area contributed by atoms with Gasteiger partial charge in [0.2, 0.25) is 0 Å². The quantitative estimate of drug-likeness (QED) is 0.622. The molecule has 1 rings (SSSR count). The Labute approximate surface area is 65.9 Å². The third kappa shape index (κ3) is 1.39. The number of anilines is 2. The predicted octanol–water partition coefficient (Wildman–Crippen LogP) is 0.717. The van der Waals surface area contributed by atoms with Crippen molar-refractivity contribution in [1.82, 2.24) is 9.97 Å². The Balaban J connectivity index is 3.21. The number of aryl methyl sites for hydroxylation is 2. The number of hydrogen-bond acceptors (Lipinski definition) is 4. The second-order valence-electron chi connectivity index (χ2n) is 2.38. The molecule has 0 fully saturated rings. The maximum atomic E-state index is 5.55. The minimum absolute atomic E-state index is 0.486. The van der Waals surface area contributed by atoms with Crippen LogP contribution in [0.4, 0.5) is 11.6 Å².